The molecule has 3 unspecified atom stereocenters. The van der Waals surface area contributed by atoms with E-state index in [1.165, 1.54) is 0 Å². The van der Waals surface area contributed by atoms with Gasteiger partial charge in [0.1, 0.15) is 17.8 Å². The SMILES string of the molecule is C=C1CC(C)(C2OC2c2ccccc2)OC1=O. The highest BCUT2D eigenvalue weighted by atomic mass is 16.6. The van der Waals surface area contributed by atoms with Crippen molar-refractivity contribution in [1.82, 2.24) is 0 Å². The van der Waals surface area contributed by atoms with Crippen molar-refractivity contribution < 1.29 is 14.3 Å². The van der Waals surface area contributed by atoms with E-state index in [4.69, 9.17) is 9.47 Å². The van der Waals surface area contributed by atoms with Gasteiger partial charge in [-0.2, -0.15) is 0 Å². The van der Waals surface area contributed by atoms with Gasteiger partial charge < -0.3 is 9.47 Å². The van der Waals surface area contributed by atoms with Crippen LogP contribution in [-0.4, -0.2) is 17.7 Å². The molecule has 0 bridgehead atoms. The first-order valence-corrected chi connectivity index (χ1v) is 5.72. The summed E-state index contributed by atoms with van der Waals surface area (Å²) in [6.45, 7) is 5.62. The van der Waals surface area contributed by atoms with Crippen molar-refractivity contribution in [3.05, 3.63) is 48.0 Å². The van der Waals surface area contributed by atoms with E-state index in [-0.39, 0.29) is 18.2 Å². The number of esters is 1. The van der Waals surface area contributed by atoms with Crippen LogP contribution in [0, 0.1) is 0 Å². The normalized spacial score (nSPS) is 35.8. The van der Waals surface area contributed by atoms with Crippen molar-refractivity contribution >= 4 is 5.97 Å². The molecule has 88 valence electrons. The summed E-state index contributed by atoms with van der Waals surface area (Å²) in [6, 6.07) is 9.99. The molecule has 3 heteroatoms. The van der Waals surface area contributed by atoms with Crippen LogP contribution in [0.4, 0.5) is 0 Å². The van der Waals surface area contributed by atoms with E-state index >= 15 is 0 Å². The summed E-state index contributed by atoms with van der Waals surface area (Å²) >= 11 is 0. The fraction of sp³-hybridized carbons (Fsp3) is 0.357. The van der Waals surface area contributed by atoms with Gasteiger partial charge in [-0.3, -0.25) is 0 Å². The minimum atomic E-state index is -0.547. The highest BCUT2D eigenvalue weighted by molar-refractivity contribution is 5.90. The van der Waals surface area contributed by atoms with Crippen LogP contribution >= 0.6 is 0 Å². The van der Waals surface area contributed by atoms with Crippen LogP contribution in [0.3, 0.4) is 0 Å². The molecule has 0 aromatic heterocycles. The lowest BCUT2D eigenvalue weighted by atomic mass is 9.93. The maximum absolute atomic E-state index is 11.4. The Hall–Kier alpha value is -1.61. The van der Waals surface area contributed by atoms with Gasteiger partial charge in [0.05, 0.1) is 0 Å². The topological polar surface area (TPSA) is 38.8 Å². The van der Waals surface area contributed by atoms with Crippen LogP contribution in [-0.2, 0) is 14.3 Å². The number of rotatable bonds is 2. The molecule has 2 aliphatic heterocycles. The van der Waals surface area contributed by atoms with Crippen LogP contribution < -0.4 is 0 Å². The van der Waals surface area contributed by atoms with E-state index in [9.17, 15) is 4.79 Å². The molecule has 3 nitrogen and oxygen atoms in total. The number of epoxide rings is 1. The third-order valence-electron chi connectivity index (χ3n) is 3.40. The predicted octanol–water partition coefficient (Wildman–Crippen LogP) is 2.39. The first-order valence-electron chi connectivity index (χ1n) is 5.72. The number of carbonyl (C=O) groups is 1. The maximum atomic E-state index is 11.4. The van der Waals surface area contributed by atoms with Crippen molar-refractivity contribution in [3.8, 4) is 0 Å². The number of benzene rings is 1. The second-order valence-electron chi connectivity index (χ2n) is 4.87. The molecule has 1 aromatic rings. The van der Waals surface area contributed by atoms with Crippen LogP contribution in [0.1, 0.15) is 25.0 Å². The van der Waals surface area contributed by atoms with E-state index in [1.54, 1.807) is 0 Å². The average Bonchev–Trinajstić information content (AvgIpc) is 3.06. The van der Waals surface area contributed by atoms with Gasteiger partial charge in [-0.15, -0.1) is 0 Å². The summed E-state index contributed by atoms with van der Waals surface area (Å²) in [4.78, 5) is 11.4. The first kappa shape index (κ1) is 10.5. The molecule has 0 radical (unpaired) electrons. The maximum Gasteiger partial charge on any atom is 0.334 e. The molecular formula is C14H14O3. The zero-order valence-electron chi connectivity index (χ0n) is 9.68. The van der Waals surface area contributed by atoms with Gasteiger partial charge in [0.15, 0.2) is 0 Å². The van der Waals surface area contributed by atoms with Crippen LogP contribution in [0.5, 0.6) is 0 Å². The number of carbonyl (C=O) groups excluding carboxylic acids is 1. The molecule has 0 amide bonds. The summed E-state index contributed by atoms with van der Waals surface area (Å²) in [5.41, 5.74) is 1.12. The largest absolute Gasteiger partial charge is 0.453 e. The lowest BCUT2D eigenvalue weighted by Crippen LogP contribution is -2.31. The Morgan fingerprint density at radius 3 is 2.65 bits per heavy atom. The van der Waals surface area contributed by atoms with Gasteiger partial charge in [-0.25, -0.2) is 4.79 Å². The smallest absolute Gasteiger partial charge is 0.334 e. The molecule has 0 saturated carbocycles. The molecule has 1 aromatic carbocycles. The van der Waals surface area contributed by atoms with Gasteiger partial charge in [-0.1, -0.05) is 36.9 Å². The quantitative estimate of drug-likeness (QED) is 0.445. The first-order chi connectivity index (χ1) is 8.10. The van der Waals surface area contributed by atoms with Crippen LogP contribution in [0.15, 0.2) is 42.5 Å². The van der Waals surface area contributed by atoms with Gasteiger partial charge in [0.25, 0.3) is 0 Å². The summed E-state index contributed by atoms with van der Waals surface area (Å²) < 4.78 is 11.0. The van der Waals surface area contributed by atoms with Gasteiger partial charge >= 0.3 is 5.97 Å². The molecule has 2 saturated heterocycles. The van der Waals surface area contributed by atoms with E-state index in [2.05, 4.69) is 6.58 Å². The Bertz CT molecular complexity index is 462. The zero-order chi connectivity index (χ0) is 12.0. The van der Waals surface area contributed by atoms with Crippen molar-refractivity contribution in [1.29, 1.82) is 0 Å². The Balaban J connectivity index is 1.77. The zero-order valence-corrected chi connectivity index (χ0v) is 9.68. The van der Waals surface area contributed by atoms with E-state index in [1.807, 2.05) is 37.3 Å². The number of cyclic esters (lactones) is 1. The number of hydrogen-bond donors (Lipinski definition) is 0. The van der Waals surface area contributed by atoms with Crippen LogP contribution in [0.25, 0.3) is 0 Å². The summed E-state index contributed by atoms with van der Waals surface area (Å²) in [6.07, 6.45) is 0.549. The van der Waals surface area contributed by atoms with Crippen molar-refractivity contribution in [2.24, 2.45) is 0 Å². The molecule has 0 aliphatic carbocycles. The Kier molecular flexibility index (Phi) is 2.13. The fourth-order valence-electron chi connectivity index (χ4n) is 2.45. The third kappa shape index (κ3) is 1.67. The summed E-state index contributed by atoms with van der Waals surface area (Å²) in [7, 11) is 0. The minimum absolute atomic E-state index is 0.0416. The van der Waals surface area contributed by atoms with Gasteiger partial charge in [0.2, 0.25) is 0 Å². The van der Waals surface area contributed by atoms with E-state index < -0.39 is 5.60 Å². The van der Waals surface area contributed by atoms with Gasteiger partial charge in [-0.05, 0) is 12.5 Å². The molecule has 2 fully saturated rings. The Morgan fingerprint density at radius 2 is 2.06 bits per heavy atom. The van der Waals surface area contributed by atoms with Crippen molar-refractivity contribution in [3.63, 3.8) is 0 Å². The minimum Gasteiger partial charge on any atom is -0.453 e. The van der Waals surface area contributed by atoms with E-state index in [0.29, 0.717) is 12.0 Å². The highest BCUT2D eigenvalue weighted by Crippen LogP contribution is 2.50. The Morgan fingerprint density at radius 1 is 1.35 bits per heavy atom. The molecule has 0 N–H and O–H groups in total. The fourth-order valence-corrected chi connectivity index (χ4v) is 2.45. The monoisotopic (exact) mass is 230 g/mol. The van der Waals surface area contributed by atoms with Crippen LogP contribution in [0.2, 0.25) is 0 Å². The lowest BCUT2D eigenvalue weighted by molar-refractivity contribution is -0.146. The third-order valence-corrected chi connectivity index (χ3v) is 3.40. The molecule has 3 rings (SSSR count). The number of ether oxygens (including phenoxy) is 2. The van der Waals surface area contributed by atoms with Crippen molar-refractivity contribution in [2.75, 3.05) is 0 Å². The highest BCUT2D eigenvalue weighted by Gasteiger charge is 2.58. The molecule has 3 atom stereocenters. The molecular weight excluding hydrogens is 216 g/mol. The van der Waals surface area contributed by atoms with Crippen molar-refractivity contribution in [2.45, 2.75) is 31.2 Å². The predicted molar refractivity (Wildman–Crippen MR) is 62.3 cm³/mol. The van der Waals surface area contributed by atoms with E-state index in [0.717, 1.165) is 5.56 Å². The second kappa shape index (κ2) is 3.44. The molecule has 0 spiro atoms. The number of hydrogen-bond acceptors (Lipinski definition) is 3. The second-order valence-corrected chi connectivity index (χ2v) is 4.87. The lowest BCUT2D eigenvalue weighted by Gasteiger charge is -2.19. The van der Waals surface area contributed by atoms with Gasteiger partial charge in [0, 0.05) is 12.0 Å². The summed E-state index contributed by atoms with van der Waals surface area (Å²) in [5, 5.41) is 0. The standard InChI is InChI=1S/C14H14O3/c1-9-8-14(2,17-13(9)15)12-11(16-12)10-6-4-3-5-7-10/h3-7,11-12H,1,8H2,2H3. The average molecular weight is 230 g/mol. The summed E-state index contributed by atoms with van der Waals surface area (Å²) in [5.74, 6) is -0.296. The Labute approximate surface area is 100 Å². The molecule has 17 heavy (non-hydrogen) atoms. The molecule has 2 heterocycles. The molecule has 2 aliphatic rings.